The molecule has 1 aromatic heterocycles. The van der Waals surface area contributed by atoms with Gasteiger partial charge in [-0.15, -0.1) is 0 Å². The fraction of sp³-hybridized carbons (Fsp3) is 0.611. The van der Waals surface area contributed by atoms with Crippen LogP contribution in [0.4, 0.5) is 10.6 Å². The molecular formula is C18H30N6O2. The summed E-state index contributed by atoms with van der Waals surface area (Å²) in [5.74, 6) is 1.68. The van der Waals surface area contributed by atoms with E-state index in [-0.39, 0.29) is 12.1 Å². The molecular weight excluding hydrogens is 332 g/mol. The van der Waals surface area contributed by atoms with E-state index < -0.39 is 0 Å². The molecule has 144 valence electrons. The van der Waals surface area contributed by atoms with E-state index >= 15 is 0 Å². The van der Waals surface area contributed by atoms with Crippen LogP contribution in [0.3, 0.4) is 0 Å². The maximum Gasteiger partial charge on any atom is 0.409 e. The number of ether oxygens (including phenoxy) is 1. The number of pyridine rings is 1. The largest absolute Gasteiger partial charge is 0.450 e. The molecule has 0 bridgehead atoms. The van der Waals surface area contributed by atoms with Gasteiger partial charge in [-0.05, 0) is 31.9 Å². The van der Waals surface area contributed by atoms with Gasteiger partial charge in [-0.25, -0.2) is 9.78 Å². The molecule has 2 heterocycles. The number of nitrogens with one attached hydrogen (secondary N) is 2. The molecule has 8 heteroatoms. The van der Waals surface area contributed by atoms with Crippen molar-refractivity contribution in [2.75, 3.05) is 45.7 Å². The molecule has 1 fully saturated rings. The summed E-state index contributed by atoms with van der Waals surface area (Å²) in [7, 11) is 5.71. The predicted octanol–water partition coefficient (Wildman–Crippen LogP) is 1.43. The van der Waals surface area contributed by atoms with Crippen molar-refractivity contribution >= 4 is 17.9 Å². The molecule has 0 spiro atoms. The Morgan fingerprint density at radius 1 is 1.38 bits per heavy atom. The van der Waals surface area contributed by atoms with Crippen LogP contribution < -0.4 is 15.5 Å². The van der Waals surface area contributed by atoms with Gasteiger partial charge in [0.05, 0.1) is 18.8 Å². The molecule has 0 radical (unpaired) electrons. The number of aliphatic imine (C=N–C) groups is 1. The number of piperidine rings is 1. The van der Waals surface area contributed by atoms with Crippen LogP contribution in [0.5, 0.6) is 0 Å². The summed E-state index contributed by atoms with van der Waals surface area (Å²) < 4.78 is 5.05. The van der Waals surface area contributed by atoms with E-state index in [0.717, 1.165) is 30.3 Å². The second-order valence-electron chi connectivity index (χ2n) is 6.41. The summed E-state index contributed by atoms with van der Waals surface area (Å²) in [6.07, 6.45) is 1.52. The molecule has 1 aromatic rings. The third kappa shape index (κ3) is 5.79. The Balaban J connectivity index is 1.80. The predicted molar refractivity (Wildman–Crippen MR) is 104 cm³/mol. The lowest BCUT2D eigenvalue weighted by Crippen LogP contribution is -2.49. The lowest BCUT2D eigenvalue weighted by molar-refractivity contribution is 0.0963. The number of guanidine groups is 1. The third-order valence-corrected chi connectivity index (χ3v) is 4.27. The minimum absolute atomic E-state index is 0.222. The van der Waals surface area contributed by atoms with Gasteiger partial charge < -0.3 is 25.2 Å². The number of carbonyl (C=O) groups excluding carboxylic acids is 1. The fourth-order valence-corrected chi connectivity index (χ4v) is 2.80. The highest BCUT2D eigenvalue weighted by Gasteiger charge is 2.24. The van der Waals surface area contributed by atoms with Crippen molar-refractivity contribution in [3.63, 3.8) is 0 Å². The van der Waals surface area contributed by atoms with Crippen LogP contribution in [0.15, 0.2) is 23.2 Å². The highest BCUT2D eigenvalue weighted by atomic mass is 16.6. The minimum atomic E-state index is -0.222. The number of rotatable bonds is 5. The van der Waals surface area contributed by atoms with Gasteiger partial charge in [-0.2, -0.15) is 0 Å². The number of carbonyl (C=O) groups is 1. The Morgan fingerprint density at radius 2 is 2.12 bits per heavy atom. The smallest absolute Gasteiger partial charge is 0.409 e. The van der Waals surface area contributed by atoms with Crippen LogP contribution >= 0.6 is 0 Å². The Hall–Kier alpha value is -2.51. The Labute approximate surface area is 155 Å². The molecule has 0 unspecified atom stereocenters. The van der Waals surface area contributed by atoms with Crippen molar-refractivity contribution in [2.45, 2.75) is 32.4 Å². The van der Waals surface area contributed by atoms with E-state index in [1.54, 1.807) is 11.9 Å². The highest BCUT2D eigenvalue weighted by molar-refractivity contribution is 5.80. The van der Waals surface area contributed by atoms with Crippen molar-refractivity contribution in [2.24, 2.45) is 4.99 Å². The van der Waals surface area contributed by atoms with E-state index in [9.17, 15) is 4.79 Å². The number of amides is 1. The molecule has 1 saturated heterocycles. The Kier molecular flexibility index (Phi) is 7.50. The molecule has 0 aliphatic carbocycles. The van der Waals surface area contributed by atoms with E-state index in [1.165, 1.54) is 0 Å². The lowest BCUT2D eigenvalue weighted by atomic mass is 10.1. The van der Waals surface area contributed by atoms with Crippen molar-refractivity contribution in [3.8, 4) is 0 Å². The SMILES string of the molecule is CCOC(=O)N1CCC(NC(=NC)NCc2cccc(N(C)C)n2)CC1. The van der Waals surface area contributed by atoms with Crippen molar-refractivity contribution < 1.29 is 9.53 Å². The highest BCUT2D eigenvalue weighted by Crippen LogP contribution is 2.12. The average Bonchev–Trinajstić information content (AvgIpc) is 2.66. The van der Waals surface area contributed by atoms with E-state index in [0.29, 0.717) is 26.2 Å². The first kappa shape index (κ1) is 19.8. The zero-order valence-electron chi connectivity index (χ0n) is 16.2. The summed E-state index contributed by atoms with van der Waals surface area (Å²) >= 11 is 0. The molecule has 26 heavy (non-hydrogen) atoms. The molecule has 1 aliphatic rings. The first-order valence-corrected chi connectivity index (χ1v) is 9.05. The van der Waals surface area contributed by atoms with Crippen LogP contribution in [0.2, 0.25) is 0 Å². The summed E-state index contributed by atoms with van der Waals surface area (Å²) in [5.41, 5.74) is 0.955. The first-order valence-electron chi connectivity index (χ1n) is 9.05. The summed E-state index contributed by atoms with van der Waals surface area (Å²) in [6, 6.07) is 6.26. The number of nitrogens with zero attached hydrogens (tertiary/aromatic N) is 4. The molecule has 0 saturated carbocycles. The van der Waals surface area contributed by atoms with Crippen molar-refractivity contribution in [1.29, 1.82) is 0 Å². The van der Waals surface area contributed by atoms with Crippen LogP contribution in [0.1, 0.15) is 25.5 Å². The lowest BCUT2D eigenvalue weighted by Gasteiger charge is -2.32. The van der Waals surface area contributed by atoms with E-state index in [2.05, 4.69) is 20.6 Å². The quantitative estimate of drug-likeness (QED) is 0.609. The van der Waals surface area contributed by atoms with Crippen LogP contribution in [-0.4, -0.2) is 68.8 Å². The molecule has 8 nitrogen and oxygen atoms in total. The maximum absolute atomic E-state index is 11.8. The third-order valence-electron chi connectivity index (χ3n) is 4.27. The molecule has 0 aromatic carbocycles. The van der Waals surface area contributed by atoms with Gasteiger partial charge in [-0.3, -0.25) is 4.99 Å². The van der Waals surface area contributed by atoms with Gasteiger partial charge in [0.15, 0.2) is 5.96 Å². The van der Waals surface area contributed by atoms with Crippen LogP contribution in [-0.2, 0) is 11.3 Å². The molecule has 2 rings (SSSR count). The van der Waals surface area contributed by atoms with Gasteiger partial charge in [0.2, 0.25) is 0 Å². The Bertz CT molecular complexity index is 611. The van der Waals surface area contributed by atoms with Crippen LogP contribution in [0, 0.1) is 0 Å². The van der Waals surface area contributed by atoms with Gasteiger partial charge in [0, 0.05) is 40.3 Å². The van der Waals surface area contributed by atoms with Crippen molar-refractivity contribution in [3.05, 3.63) is 23.9 Å². The maximum atomic E-state index is 11.8. The molecule has 0 atom stereocenters. The fourth-order valence-electron chi connectivity index (χ4n) is 2.80. The first-order chi connectivity index (χ1) is 12.5. The summed E-state index contributed by atoms with van der Waals surface area (Å²) in [6.45, 7) is 4.23. The second kappa shape index (κ2) is 9.84. The monoisotopic (exact) mass is 362 g/mol. The van der Waals surface area contributed by atoms with Gasteiger partial charge in [0.25, 0.3) is 0 Å². The van der Waals surface area contributed by atoms with Crippen molar-refractivity contribution in [1.82, 2.24) is 20.5 Å². The summed E-state index contributed by atoms with van der Waals surface area (Å²) in [4.78, 5) is 24.4. The second-order valence-corrected chi connectivity index (χ2v) is 6.41. The standard InChI is InChI=1S/C18H30N6O2/c1-5-26-18(25)24-11-9-14(10-12-24)22-17(19-2)20-13-15-7-6-8-16(21-15)23(3)4/h6-8,14H,5,9-13H2,1-4H3,(H2,19,20,22). The average molecular weight is 362 g/mol. The van der Waals surface area contributed by atoms with Gasteiger partial charge >= 0.3 is 6.09 Å². The number of anilines is 1. The normalized spacial score (nSPS) is 15.5. The number of aromatic nitrogens is 1. The van der Waals surface area contributed by atoms with E-state index in [1.807, 2.05) is 44.1 Å². The topological polar surface area (TPSA) is 82.1 Å². The van der Waals surface area contributed by atoms with Crippen LogP contribution in [0.25, 0.3) is 0 Å². The Morgan fingerprint density at radius 3 is 2.73 bits per heavy atom. The van der Waals surface area contributed by atoms with Gasteiger partial charge in [-0.1, -0.05) is 6.07 Å². The minimum Gasteiger partial charge on any atom is -0.450 e. The zero-order valence-corrected chi connectivity index (χ0v) is 16.2. The molecule has 1 aliphatic heterocycles. The summed E-state index contributed by atoms with van der Waals surface area (Å²) in [5, 5.41) is 6.73. The zero-order chi connectivity index (χ0) is 18.9. The molecule has 1 amide bonds. The number of likely N-dealkylation sites (tertiary alicyclic amines) is 1. The van der Waals surface area contributed by atoms with Gasteiger partial charge in [0.1, 0.15) is 5.82 Å². The molecule has 2 N–H and O–H groups in total. The number of hydrogen-bond donors (Lipinski definition) is 2. The van der Waals surface area contributed by atoms with E-state index in [4.69, 9.17) is 4.74 Å². The number of hydrogen-bond acceptors (Lipinski definition) is 5.